The Morgan fingerprint density at radius 1 is 1.08 bits per heavy atom. The summed E-state index contributed by atoms with van der Waals surface area (Å²) in [4.78, 5) is 4.88. The van der Waals surface area contributed by atoms with Gasteiger partial charge in [-0.15, -0.1) is 0 Å². The second kappa shape index (κ2) is 4.93. The zero-order chi connectivity index (χ0) is 17.3. The first-order valence-electron chi connectivity index (χ1n) is 8.67. The van der Waals surface area contributed by atoms with Crippen LogP contribution in [0.4, 0.5) is 5.69 Å². The number of rotatable bonds is 1. The Morgan fingerprint density at radius 3 is 2.38 bits per heavy atom. The average Bonchev–Trinajstić information content (AvgIpc) is 2.92. The van der Waals surface area contributed by atoms with Crippen LogP contribution in [0.15, 0.2) is 35.3 Å². The fraction of sp³-hybridized carbons (Fsp3) is 0.450. The molecule has 2 aliphatic rings. The molecule has 1 fully saturated rings. The van der Waals surface area contributed by atoms with Crippen LogP contribution in [-0.2, 0) is 14.7 Å². The molecule has 0 radical (unpaired) electrons. The lowest BCUT2D eigenvalue weighted by atomic mass is 9.71. The lowest BCUT2D eigenvalue weighted by Crippen LogP contribution is -2.36. The van der Waals surface area contributed by atoms with Crippen LogP contribution in [0.5, 0.6) is 0 Å². The largest absolute Gasteiger partial charge is 0.495 e. The van der Waals surface area contributed by atoms with Crippen molar-refractivity contribution in [2.45, 2.75) is 58.7 Å². The van der Waals surface area contributed by atoms with Crippen molar-refractivity contribution in [3.05, 3.63) is 35.9 Å². The van der Waals surface area contributed by atoms with E-state index in [1.54, 1.807) is 0 Å². The quantitative estimate of drug-likeness (QED) is 0.739. The Bertz CT molecular complexity index is 869. The fourth-order valence-corrected chi connectivity index (χ4v) is 3.57. The first-order valence-corrected chi connectivity index (χ1v) is 8.67. The van der Waals surface area contributed by atoms with E-state index in [0.717, 1.165) is 16.9 Å². The number of benzene rings is 2. The zero-order valence-electron chi connectivity index (χ0n) is 15.3. The highest BCUT2D eigenvalue weighted by molar-refractivity contribution is 6.65. The summed E-state index contributed by atoms with van der Waals surface area (Å²) >= 11 is 0. The summed E-state index contributed by atoms with van der Waals surface area (Å²) in [5.74, 6) is 0. The maximum absolute atomic E-state index is 6.25. The second-order valence-electron chi connectivity index (χ2n) is 8.06. The molecule has 0 aliphatic carbocycles. The van der Waals surface area contributed by atoms with E-state index in [1.165, 1.54) is 16.3 Å². The molecule has 0 saturated carbocycles. The molecule has 2 aromatic rings. The van der Waals surface area contributed by atoms with Crippen molar-refractivity contribution in [1.82, 2.24) is 0 Å². The maximum Gasteiger partial charge on any atom is 0.495 e. The van der Waals surface area contributed by atoms with Crippen molar-refractivity contribution in [2.75, 3.05) is 0 Å². The Labute approximate surface area is 144 Å². The molecule has 124 valence electrons. The Hall–Kier alpha value is -1.65. The minimum atomic E-state index is -0.332. The summed E-state index contributed by atoms with van der Waals surface area (Å²) in [6, 6.07) is 10.7. The van der Waals surface area contributed by atoms with Gasteiger partial charge in [-0.1, -0.05) is 44.2 Å². The zero-order valence-corrected chi connectivity index (χ0v) is 15.3. The number of fused-ring (bicyclic) bond motifs is 3. The fourth-order valence-electron chi connectivity index (χ4n) is 3.57. The summed E-state index contributed by atoms with van der Waals surface area (Å²) < 4.78 is 12.4. The van der Waals surface area contributed by atoms with E-state index < -0.39 is 0 Å². The predicted molar refractivity (Wildman–Crippen MR) is 101 cm³/mol. The van der Waals surface area contributed by atoms with E-state index in [-0.39, 0.29) is 24.2 Å². The van der Waals surface area contributed by atoms with Crippen molar-refractivity contribution in [1.29, 1.82) is 0 Å². The van der Waals surface area contributed by atoms with E-state index in [2.05, 4.69) is 71.9 Å². The van der Waals surface area contributed by atoms with Crippen molar-refractivity contribution >= 4 is 34.8 Å². The van der Waals surface area contributed by atoms with Crippen molar-refractivity contribution in [3.8, 4) is 0 Å². The highest BCUT2D eigenvalue weighted by atomic mass is 16.7. The molecular weight excluding hydrogens is 297 g/mol. The van der Waals surface area contributed by atoms with E-state index in [9.17, 15) is 0 Å². The molecule has 0 spiro atoms. The van der Waals surface area contributed by atoms with Crippen LogP contribution in [0.1, 0.15) is 47.1 Å². The molecule has 1 saturated heterocycles. The summed E-state index contributed by atoms with van der Waals surface area (Å²) in [5, 5.41) is 2.35. The smallest absolute Gasteiger partial charge is 0.402 e. The molecule has 4 heteroatoms. The summed E-state index contributed by atoms with van der Waals surface area (Å²) in [6.07, 6.45) is 0.0560. The standard InChI is InChI=1S/C20H24BNO2/c1-12-19(3,4)16-11-17(21-23-13(2)20(5,6)24-21)14-9-7-8-10-15(14)18(16)22-12/h7-11,13H,1-6H3. The van der Waals surface area contributed by atoms with Crippen LogP contribution in [-0.4, -0.2) is 24.5 Å². The summed E-state index contributed by atoms with van der Waals surface area (Å²) in [6.45, 7) is 12.8. The van der Waals surface area contributed by atoms with Gasteiger partial charge in [-0.25, -0.2) is 0 Å². The van der Waals surface area contributed by atoms with Gasteiger partial charge in [0.25, 0.3) is 0 Å². The highest BCUT2D eigenvalue weighted by Crippen LogP contribution is 2.44. The van der Waals surface area contributed by atoms with Crippen LogP contribution < -0.4 is 5.46 Å². The molecule has 0 bridgehead atoms. The Balaban J connectivity index is 1.95. The van der Waals surface area contributed by atoms with Crippen LogP contribution in [0.3, 0.4) is 0 Å². The van der Waals surface area contributed by atoms with E-state index >= 15 is 0 Å². The molecule has 0 aromatic heterocycles. The third-order valence-corrected chi connectivity index (χ3v) is 5.88. The van der Waals surface area contributed by atoms with Gasteiger partial charge in [0.1, 0.15) is 0 Å². The third kappa shape index (κ3) is 2.09. The molecule has 1 unspecified atom stereocenters. The Morgan fingerprint density at radius 2 is 1.75 bits per heavy atom. The number of aliphatic imine (C=N–C) groups is 1. The lowest BCUT2D eigenvalue weighted by Gasteiger charge is -2.23. The topological polar surface area (TPSA) is 30.8 Å². The molecule has 0 amide bonds. The number of hydrogen-bond acceptors (Lipinski definition) is 3. The molecule has 3 nitrogen and oxygen atoms in total. The maximum atomic E-state index is 6.25. The number of hydrogen-bond donors (Lipinski definition) is 0. The molecular formula is C20H24BNO2. The normalized spacial score (nSPS) is 24.3. The van der Waals surface area contributed by atoms with Gasteiger partial charge in [-0.3, -0.25) is 4.99 Å². The SMILES string of the molecule is CC1=Nc2c(cc(B3OC(C)C(C)(C)O3)c3ccccc23)C1(C)C. The molecule has 4 rings (SSSR count). The molecule has 2 aromatic carbocycles. The molecule has 24 heavy (non-hydrogen) atoms. The minimum absolute atomic E-state index is 0.0560. The van der Waals surface area contributed by atoms with E-state index in [1.807, 2.05) is 0 Å². The second-order valence-corrected chi connectivity index (χ2v) is 8.06. The van der Waals surface area contributed by atoms with Gasteiger partial charge < -0.3 is 9.31 Å². The van der Waals surface area contributed by atoms with Gasteiger partial charge in [0.2, 0.25) is 0 Å². The average molecular weight is 321 g/mol. The first kappa shape index (κ1) is 15.9. The van der Waals surface area contributed by atoms with Gasteiger partial charge in [-0.05, 0) is 44.1 Å². The lowest BCUT2D eigenvalue weighted by molar-refractivity contribution is 0.0842. The summed E-state index contributed by atoms with van der Waals surface area (Å²) in [7, 11) is -0.332. The van der Waals surface area contributed by atoms with Gasteiger partial charge in [0.05, 0.1) is 17.4 Å². The van der Waals surface area contributed by atoms with Crippen molar-refractivity contribution in [2.24, 2.45) is 4.99 Å². The van der Waals surface area contributed by atoms with Gasteiger partial charge in [0, 0.05) is 16.5 Å². The van der Waals surface area contributed by atoms with Gasteiger partial charge in [0.15, 0.2) is 0 Å². The van der Waals surface area contributed by atoms with Gasteiger partial charge >= 0.3 is 7.12 Å². The van der Waals surface area contributed by atoms with Crippen molar-refractivity contribution < 1.29 is 9.31 Å². The van der Waals surface area contributed by atoms with E-state index in [4.69, 9.17) is 14.3 Å². The molecule has 0 N–H and O–H groups in total. The third-order valence-electron chi connectivity index (χ3n) is 5.88. The molecule has 2 heterocycles. The van der Waals surface area contributed by atoms with Crippen LogP contribution in [0, 0.1) is 0 Å². The molecule has 2 aliphatic heterocycles. The minimum Gasteiger partial charge on any atom is -0.402 e. The monoisotopic (exact) mass is 321 g/mol. The van der Waals surface area contributed by atoms with Gasteiger partial charge in [-0.2, -0.15) is 0 Å². The van der Waals surface area contributed by atoms with Crippen LogP contribution in [0.2, 0.25) is 0 Å². The summed E-state index contributed by atoms with van der Waals surface area (Å²) in [5.41, 5.74) is 4.28. The predicted octanol–water partition coefficient (Wildman–Crippen LogP) is 4.13. The first-order chi connectivity index (χ1) is 11.2. The molecule has 1 atom stereocenters. The Kier molecular flexibility index (Phi) is 3.26. The van der Waals surface area contributed by atoms with Crippen LogP contribution in [0.25, 0.3) is 10.8 Å². The number of nitrogens with zero attached hydrogens (tertiary/aromatic N) is 1. The van der Waals surface area contributed by atoms with Crippen molar-refractivity contribution in [3.63, 3.8) is 0 Å². The van der Waals surface area contributed by atoms with E-state index in [0.29, 0.717) is 0 Å². The highest BCUT2D eigenvalue weighted by Gasteiger charge is 2.45. The van der Waals surface area contributed by atoms with Crippen LogP contribution >= 0.6 is 0 Å².